The normalized spacial score (nSPS) is 14.9. The van der Waals surface area contributed by atoms with Crippen molar-refractivity contribution in [3.63, 3.8) is 0 Å². The molecule has 0 aliphatic heterocycles. The molecule has 1 N–H and O–H groups in total. The number of carbonyl (C=O) groups is 2. The number of amides is 2. The molecule has 10 heteroatoms. The van der Waals surface area contributed by atoms with Gasteiger partial charge in [-0.2, -0.15) is 10.2 Å². The lowest BCUT2D eigenvalue weighted by Crippen LogP contribution is -2.36. The standard InChI is InChI=1S/C22H25N5O4S/c1-26-22(32(2,30)31)19(14-24-26)27-18(12-13-23-27)15-8-10-17(11-9-15)21(29)25-20(28)16-6-4-3-5-7-16/h8-14,16H,3-7H2,1-2H3,(H,25,28,29). The van der Waals surface area contributed by atoms with Crippen LogP contribution in [0.4, 0.5) is 0 Å². The van der Waals surface area contributed by atoms with Crippen LogP contribution in [0, 0.1) is 5.92 Å². The first-order valence-corrected chi connectivity index (χ1v) is 12.4. The molecule has 0 bridgehead atoms. The van der Waals surface area contributed by atoms with Gasteiger partial charge in [0.05, 0.1) is 18.1 Å². The molecule has 1 aromatic carbocycles. The zero-order valence-electron chi connectivity index (χ0n) is 18.0. The molecule has 4 rings (SSSR count). The first-order valence-electron chi connectivity index (χ1n) is 10.5. The lowest BCUT2D eigenvalue weighted by molar-refractivity contribution is -0.124. The van der Waals surface area contributed by atoms with Gasteiger partial charge in [0.1, 0.15) is 5.69 Å². The Bertz CT molecular complexity index is 1250. The molecule has 1 aliphatic rings. The fourth-order valence-electron chi connectivity index (χ4n) is 4.15. The van der Waals surface area contributed by atoms with Crippen molar-refractivity contribution in [2.45, 2.75) is 37.1 Å². The topological polar surface area (TPSA) is 116 Å². The first-order chi connectivity index (χ1) is 15.3. The summed E-state index contributed by atoms with van der Waals surface area (Å²) in [6, 6.07) is 8.50. The van der Waals surface area contributed by atoms with Crippen molar-refractivity contribution in [3.05, 3.63) is 48.3 Å². The molecular formula is C22H25N5O4S. The predicted octanol–water partition coefficient (Wildman–Crippen LogP) is 2.51. The molecule has 0 unspecified atom stereocenters. The van der Waals surface area contributed by atoms with Gasteiger partial charge in [-0.1, -0.05) is 31.4 Å². The summed E-state index contributed by atoms with van der Waals surface area (Å²) in [5, 5.41) is 10.9. The summed E-state index contributed by atoms with van der Waals surface area (Å²) in [5.74, 6) is -0.723. The smallest absolute Gasteiger partial charge is 0.257 e. The Morgan fingerprint density at radius 1 is 1.03 bits per heavy atom. The van der Waals surface area contributed by atoms with Gasteiger partial charge in [-0.25, -0.2) is 13.1 Å². The molecule has 32 heavy (non-hydrogen) atoms. The maximum absolute atomic E-state index is 12.5. The SMILES string of the molecule is Cn1ncc(-n2nccc2-c2ccc(C(=O)NC(=O)C3CCCCC3)cc2)c1S(C)(=O)=O. The number of aryl methyl sites for hydroxylation is 1. The number of hydrogen-bond donors (Lipinski definition) is 1. The van der Waals surface area contributed by atoms with E-state index >= 15 is 0 Å². The highest BCUT2D eigenvalue weighted by atomic mass is 32.2. The average Bonchev–Trinajstić information content (AvgIpc) is 3.40. The largest absolute Gasteiger partial charge is 0.292 e. The van der Waals surface area contributed by atoms with Crippen LogP contribution in [-0.4, -0.2) is 46.0 Å². The lowest BCUT2D eigenvalue weighted by Gasteiger charge is -2.20. The molecule has 9 nitrogen and oxygen atoms in total. The summed E-state index contributed by atoms with van der Waals surface area (Å²) < 4.78 is 27.3. The van der Waals surface area contributed by atoms with Crippen molar-refractivity contribution in [1.82, 2.24) is 24.9 Å². The Morgan fingerprint density at radius 2 is 1.72 bits per heavy atom. The second-order valence-corrected chi connectivity index (χ2v) is 10.0. The molecule has 168 valence electrons. The number of carbonyl (C=O) groups excluding carboxylic acids is 2. The summed E-state index contributed by atoms with van der Waals surface area (Å²) in [5.41, 5.74) is 2.10. The van der Waals surface area contributed by atoms with E-state index in [4.69, 9.17) is 0 Å². The molecule has 0 radical (unpaired) electrons. The zero-order valence-corrected chi connectivity index (χ0v) is 18.8. The van der Waals surface area contributed by atoms with Gasteiger partial charge in [0.2, 0.25) is 5.91 Å². The van der Waals surface area contributed by atoms with E-state index in [0.29, 0.717) is 16.9 Å². The van der Waals surface area contributed by atoms with E-state index in [9.17, 15) is 18.0 Å². The highest BCUT2D eigenvalue weighted by molar-refractivity contribution is 7.90. The van der Waals surface area contributed by atoms with Gasteiger partial charge in [-0.3, -0.25) is 19.6 Å². The fourth-order valence-corrected chi connectivity index (χ4v) is 5.19. The minimum absolute atomic E-state index is 0.0553. The van der Waals surface area contributed by atoms with Crippen molar-refractivity contribution >= 4 is 21.7 Å². The van der Waals surface area contributed by atoms with Gasteiger partial charge in [0.25, 0.3) is 5.91 Å². The minimum Gasteiger partial charge on any atom is -0.292 e. The van der Waals surface area contributed by atoms with Crippen LogP contribution >= 0.6 is 0 Å². The van der Waals surface area contributed by atoms with Gasteiger partial charge < -0.3 is 0 Å². The maximum atomic E-state index is 12.5. The third-order valence-electron chi connectivity index (χ3n) is 5.74. The fraction of sp³-hybridized carbons (Fsp3) is 0.364. The van der Waals surface area contributed by atoms with Crippen LogP contribution in [0.25, 0.3) is 16.9 Å². The molecule has 0 saturated heterocycles. The number of imide groups is 1. The number of sulfone groups is 1. The quantitative estimate of drug-likeness (QED) is 0.591. The van der Waals surface area contributed by atoms with Crippen LogP contribution in [0.1, 0.15) is 42.5 Å². The van der Waals surface area contributed by atoms with E-state index in [0.717, 1.165) is 43.9 Å². The van der Waals surface area contributed by atoms with Gasteiger partial charge in [-0.05, 0) is 31.0 Å². The third-order valence-corrected chi connectivity index (χ3v) is 6.92. The Morgan fingerprint density at radius 3 is 2.38 bits per heavy atom. The number of aromatic nitrogens is 4. The minimum atomic E-state index is -3.53. The molecular weight excluding hydrogens is 430 g/mol. The van der Waals surface area contributed by atoms with Gasteiger partial charge in [0.15, 0.2) is 14.9 Å². The third kappa shape index (κ3) is 4.36. The van der Waals surface area contributed by atoms with Gasteiger partial charge in [0, 0.05) is 30.3 Å². The van der Waals surface area contributed by atoms with Crippen LogP contribution in [-0.2, 0) is 21.7 Å². The van der Waals surface area contributed by atoms with Crippen molar-refractivity contribution in [2.75, 3.05) is 6.26 Å². The molecule has 1 saturated carbocycles. The second-order valence-electron chi connectivity index (χ2n) is 8.09. The summed E-state index contributed by atoms with van der Waals surface area (Å²) in [6.45, 7) is 0. The van der Waals surface area contributed by atoms with Crippen molar-refractivity contribution < 1.29 is 18.0 Å². The molecule has 0 atom stereocenters. The number of benzene rings is 1. The van der Waals surface area contributed by atoms with Gasteiger partial charge >= 0.3 is 0 Å². The summed E-state index contributed by atoms with van der Waals surface area (Å²) in [7, 11) is -1.97. The first kappa shape index (κ1) is 21.9. The van der Waals surface area contributed by atoms with Crippen molar-refractivity contribution in [1.29, 1.82) is 0 Å². The van der Waals surface area contributed by atoms with E-state index < -0.39 is 15.7 Å². The second kappa shape index (κ2) is 8.70. The van der Waals surface area contributed by atoms with E-state index in [1.54, 1.807) is 43.6 Å². The number of nitrogens with zero attached hydrogens (tertiary/aromatic N) is 4. The highest BCUT2D eigenvalue weighted by Crippen LogP contribution is 2.27. The Hall–Kier alpha value is -3.27. The van der Waals surface area contributed by atoms with E-state index in [1.165, 1.54) is 15.6 Å². The van der Waals surface area contributed by atoms with E-state index in [2.05, 4.69) is 15.5 Å². The molecule has 0 spiro atoms. The summed E-state index contributed by atoms with van der Waals surface area (Å²) in [6.07, 6.45) is 8.97. The molecule has 1 aliphatic carbocycles. The Kier molecular flexibility index (Phi) is 5.96. The van der Waals surface area contributed by atoms with E-state index in [1.807, 2.05) is 0 Å². The predicted molar refractivity (Wildman–Crippen MR) is 118 cm³/mol. The molecule has 2 heterocycles. The van der Waals surface area contributed by atoms with Gasteiger partial charge in [-0.15, -0.1) is 0 Å². The average molecular weight is 456 g/mol. The summed E-state index contributed by atoms with van der Waals surface area (Å²) in [4.78, 5) is 24.9. The number of hydrogen-bond acceptors (Lipinski definition) is 6. The molecule has 3 aromatic rings. The van der Waals surface area contributed by atoms with E-state index in [-0.39, 0.29) is 16.9 Å². The van der Waals surface area contributed by atoms with Crippen LogP contribution < -0.4 is 5.32 Å². The Balaban J connectivity index is 1.56. The molecule has 2 amide bonds. The summed E-state index contributed by atoms with van der Waals surface area (Å²) >= 11 is 0. The van der Waals surface area contributed by atoms with Crippen molar-refractivity contribution in [3.8, 4) is 16.9 Å². The number of nitrogens with one attached hydrogen (secondary N) is 1. The van der Waals surface area contributed by atoms with Crippen LogP contribution in [0.15, 0.2) is 47.8 Å². The maximum Gasteiger partial charge on any atom is 0.257 e. The van der Waals surface area contributed by atoms with Crippen LogP contribution in [0.3, 0.4) is 0 Å². The zero-order chi connectivity index (χ0) is 22.9. The van der Waals surface area contributed by atoms with Crippen molar-refractivity contribution in [2.24, 2.45) is 13.0 Å². The number of rotatable bonds is 5. The highest BCUT2D eigenvalue weighted by Gasteiger charge is 2.24. The Labute approximate surface area is 186 Å². The van der Waals surface area contributed by atoms with Crippen LogP contribution in [0.5, 0.6) is 0 Å². The monoisotopic (exact) mass is 455 g/mol. The van der Waals surface area contributed by atoms with Crippen LogP contribution in [0.2, 0.25) is 0 Å². The lowest BCUT2D eigenvalue weighted by atomic mass is 9.88. The molecule has 1 fully saturated rings. The molecule has 2 aromatic heterocycles.